The first-order chi connectivity index (χ1) is 11.5. The van der Waals surface area contributed by atoms with Crippen molar-refractivity contribution in [3.63, 3.8) is 0 Å². The van der Waals surface area contributed by atoms with E-state index in [2.05, 4.69) is 15.2 Å². The molecule has 5 nitrogen and oxygen atoms in total. The number of aryl methyl sites for hydroxylation is 1. The number of nitrogens with zero attached hydrogens (tertiary/aromatic N) is 4. The quantitative estimate of drug-likeness (QED) is 0.744. The van der Waals surface area contributed by atoms with Crippen molar-refractivity contribution in [2.45, 2.75) is 13.8 Å². The number of hydrogen-bond donors (Lipinski definition) is 0. The molecule has 0 saturated carbocycles. The summed E-state index contributed by atoms with van der Waals surface area (Å²) in [6.45, 7) is 4.13. The summed E-state index contributed by atoms with van der Waals surface area (Å²) in [7, 11) is 0. The van der Waals surface area contributed by atoms with Crippen molar-refractivity contribution < 1.29 is 9.18 Å². The second-order valence-electron chi connectivity index (χ2n) is 4.79. The van der Waals surface area contributed by atoms with E-state index in [1.807, 2.05) is 13.8 Å². The second kappa shape index (κ2) is 7.00. The topological polar surface area (TPSA) is 58.5 Å². The zero-order valence-electron chi connectivity index (χ0n) is 12.8. The van der Waals surface area contributed by atoms with Crippen LogP contribution < -0.4 is 0 Å². The predicted molar refractivity (Wildman–Crippen MR) is 96.1 cm³/mol. The van der Waals surface area contributed by atoms with Crippen LogP contribution in [0.4, 0.5) is 9.52 Å². The van der Waals surface area contributed by atoms with Gasteiger partial charge in [-0.25, -0.2) is 4.39 Å². The van der Waals surface area contributed by atoms with E-state index in [9.17, 15) is 9.18 Å². The number of amidine groups is 1. The average Bonchev–Trinajstić information content (AvgIpc) is 3.07. The Morgan fingerprint density at radius 1 is 1.42 bits per heavy atom. The van der Waals surface area contributed by atoms with Gasteiger partial charge in [-0.2, -0.15) is 4.99 Å². The summed E-state index contributed by atoms with van der Waals surface area (Å²) in [4.78, 5) is 18.8. The highest BCUT2D eigenvalue weighted by Gasteiger charge is 2.33. The van der Waals surface area contributed by atoms with Gasteiger partial charge in [0.05, 0.1) is 9.93 Å². The van der Waals surface area contributed by atoms with Gasteiger partial charge in [-0.1, -0.05) is 29.0 Å². The van der Waals surface area contributed by atoms with E-state index in [4.69, 9.17) is 11.6 Å². The molecule has 1 amide bonds. The lowest BCUT2D eigenvalue weighted by molar-refractivity contribution is -0.122. The maximum absolute atomic E-state index is 13.9. The Labute approximate surface area is 151 Å². The molecule has 0 N–H and O–H groups in total. The van der Waals surface area contributed by atoms with Gasteiger partial charge in [0.15, 0.2) is 5.17 Å². The fourth-order valence-electron chi connectivity index (χ4n) is 2.06. The number of benzene rings is 1. The predicted octanol–water partition coefficient (Wildman–Crippen LogP) is 4.26. The first kappa shape index (κ1) is 17.1. The Kier molecular flexibility index (Phi) is 4.98. The molecular formula is C15H12ClFN4OS2. The van der Waals surface area contributed by atoms with Gasteiger partial charge < -0.3 is 0 Å². The van der Waals surface area contributed by atoms with E-state index in [1.54, 1.807) is 6.07 Å². The van der Waals surface area contributed by atoms with Gasteiger partial charge in [0.1, 0.15) is 10.8 Å². The molecule has 0 radical (unpaired) electrons. The van der Waals surface area contributed by atoms with Crippen molar-refractivity contribution >= 4 is 57.0 Å². The number of aliphatic imine (C=N–C) groups is 1. The molecule has 1 aromatic heterocycles. The first-order valence-corrected chi connectivity index (χ1v) is 9.05. The lowest BCUT2D eigenvalue weighted by Crippen LogP contribution is -2.28. The van der Waals surface area contributed by atoms with E-state index >= 15 is 0 Å². The number of carbonyl (C=O) groups excluding carboxylic acids is 1. The van der Waals surface area contributed by atoms with Crippen LogP contribution in [0.1, 0.15) is 17.5 Å². The van der Waals surface area contributed by atoms with Gasteiger partial charge in [-0.3, -0.25) is 9.69 Å². The number of carbonyl (C=O) groups is 1. The lowest BCUT2D eigenvalue weighted by Gasteiger charge is -2.11. The zero-order valence-corrected chi connectivity index (χ0v) is 15.2. The number of likely N-dealkylation sites (N-methyl/N-ethyl adjacent to an activating group) is 1. The van der Waals surface area contributed by atoms with Gasteiger partial charge >= 0.3 is 0 Å². The van der Waals surface area contributed by atoms with Crippen LogP contribution in [0.15, 0.2) is 28.1 Å². The molecule has 0 atom stereocenters. The summed E-state index contributed by atoms with van der Waals surface area (Å²) in [5.41, 5.74) is 0.194. The minimum absolute atomic E-state index is 0.194. The summed E-state index contributed by atoms with van der Waals surface area (Å²) in [6.07, 6.45) is 1.46. The fraction of sp³-hybridized carbons (Fsp3) is 0.200. The Morgan fingerprint density at radius 3 is 2.83 bits per heavy atom. The molecule has 0 bridgehead atoms. The summed E-state index contributed by atoms with van der Waals surface area (Å²) in [5, 5.41) is 9.87. The van der Waals surface area contributed by atoms with Gasteiger partial charge in [0, 0.05) is 12.1 Å². The molecule has 9 heteroatoms. The van der Waals surface area contributed by atoms with E-state index in [1.165, 1.54) is 46.2 Å². The molecule has 1 fully saturated rings. The molecule has 1 saturated heterocycles. The van der Waals surface area contributed by atoms with Crippen LogP contribution in [0.25, 0.3) is 6.08 Å². The minimum Gasteiger partial charge on any atom is -0.287 e. The SMILES string of the molecule is CCN1C(=O)/C(=C/c2c(F)cccc2Cl)S/C1=N/c1nnc(C)s1. The molecule has 3 rings (SSSR count). The number of halogens is 2. The monoisotopic (exact) mass is 382 g/mol. The highest BCUT2D eigenvalue weighted by molar-refractivity contribution is 8.18. The van der Waals surface area contributed by atoms with Crippen molar-refractivity contribution in [1.82, 2.24) is 15.1 Å². The largest absolute Gasteiger partial charge is 0.287 e. The average molecular weight is 383 g/mol. The molecule has 2 heterocycles. The summed E-state index contributed by atoms with van der Waals surface area (Å²) < 4.78 is 13.9. The second-order valence-corrected chi connectivity index (χ2v) is 7.37. The number of thioether (sulfide) groups is 1. The smallest absolute Gasteiger partial charge is 0.266 e. The van der Waals surface area contributed by atoms with Crippen molar-refractivity contribution in [3.8, 4) is 0 Å². The highest BCUT2D eigenvalue weighted by Crippen LogP contribution is 2.35. The number of rotatable bonds is 3. The van der Waals surface area contributed by atoms with Gasteiger partial charge in [-0.15, -0.1) is 10.2 Å². The molecular weight excluding hydrogens is 371 g/mol. The Balaban J connectivity index is 1.98. The molecule has 1 aliphatic rings. The van der Waals surface area contributed by atoms with Crippen molar-refractivity contribution in [1.29, 1.82) is 0 Å². The summed E-state index contributed by atoms with van der Waals surface area (Å²) in [5.74, 6) is -0.710. The summed E-state index contributed by atoms with van der Waals surface area (Å²) in [6, 6.07) is 4.41. The van der Waals surface area contributed by atoms with Gasteiger partial charge in [0.25, 0.3) is 5.91 Å². The van der Waals surface area contributed by atoms with Gasteiger partial charge in [-0.05, 0) is 43.8 Å². The van der Waals surface area contributed by atoms with Crippen molar-refractivity contribution in [3.05, 3.63) is 44.5 Å². The van der Waals surface area contributed by atoms with Crippen LogP contribution in [-0.2, 0) is 4.79 Å². The molecule has 1 aromatic carbocycles. The van der Waals surface area contributed by atoms with E-state index in [0.717, 1.165) is 5.01 Å². The van der Waals surface area contributed by atoms with Crippen LogP contribution in [0.2, 0.25) is 5.02 Å². The highest BCUT2D eigenvalue weighted by atomic mass is 35.5. The molecule has 0 unspecified atom stereocenters. The molecule has 24 heavy (non-hydrogen) atoms. The normalized spacial score (nSPS) is 18.2. The molecule has 1 aliphatic heterocycles. The van der Waals surface area contributed by atoms with Crippen molar-refractivity contribution in [2.24, 2.45) is 4.99 Å². The Hall–Kier alpha value is -1.77. The third-order valence-electron chi connectivity index (χ3n) is 3.19. The maximum Gasteiger partial charge on any atom is 0.266 e. The van der Waals surface area contributed by atoms with Crippen LogP contribution >= 0.6 is 34.7 Å². The van der Waals surface area contributed by atoms with Gasteiger partial charge in [0.2, 0.25) is 5.13 Å². The number of hydrogen-bond acceptors (Lipinski definition) is 6. The Morgan fingerprint density at radius 2 is 2.21 bits per heavy atom. The standard InChI is InChI=1S/C15H12ClFN4OS2/c1-3-21-13(22)12(7-9-10(16)5-4-6-11(9)17)24-15(21)18-14-20-19-8(2)23-14/h4-7H,3H2,1-2H3/b12-7-,18-15+. The summed E-state index contributed by atoms with van der Waals surface area (Å²) >= 11 is 8.53. The zero-order chi connectivity index (χ0) is 17.3. The van der Waals surface area contributed by atoms with Crippen LogP contribution in [0, 0.1) is 12.7 Å². The van der Waals surface area contributed by atoms with Crippen LogP contribution in [0.3, 0.4) is 0 Å². The fourth-order valence-corrected chi connectivity index (χ4v) is 3.92. The molecule has 124 valence electrons. The van der Waals surface area contributed by atoms with E-state index in [-0.39, 0.29) is 16.5 Å². The third-order valence-corrected chi connectivity index (χ3v) is 5.25. The molecule has 0 aliphatic carbocycles. The lowest BCUT2D eigenvalue weighted by atomic mass is 10.2. The Bertz CT molecular complexity index is 845. The van der Waals surface area contributed by atoms with E-state index in [0.29, 0.717) is 21.7 Å². The maximum atomic E-state index is 13.9. The third kappa shape index (κ3) is 3.35. The minimum atomic E-state index is -0.475. The molecule has 2 aromatic rings. The molecule has 0 spiro atoms. The van der Waals surface area contributed by atoms with Crippen LogP contribution in [-0.4, -0.2) is 32.7 Å². The first-order valence-electron chi connectivity index (χ1n) is 7.03. The number of amides is 1. The van der Waals surface area contributed by atoms with Crippen molar-refractivity contribution in [2.75, 3.05) is 6.54 Å². The number of aromatic nitrogens is 2. The van der Waals surface area contributed by atoms with E-state index < -0.39 is 5.82 Å². The van der Waals surface area contributed by atoms with Crippen LogP contribution in [0.5, 0.6) is 0 Å².